The summed E-state index contributed by atoms with van der Waals surface area (Å²) in [6, 6.07) is -0.855. The van der Waals surface area contributed by atoms with E-state index in [4.69, 9.17) is 16.0 Å². The van der Waals surface area contributed by atoms with Crippen LogP contribution < -0.4 is 5.73 Å². The molecule has 0 aliphatic carbocycles. The second-order valence-electron chi connectivity index (χ2n) is 2.93. The van der Waals surface area contributed by atoms with Crippen LogP contribution in [0, 0.1) is 0 Å². The Labute approximate surface area is 86.3 Å². The zero-order chi connectivity index (χ0) is 11.3. The van der Waals surface area contributed by atoms with Crippen molar-refractivity contribution in [2.75, 3.05) is 26.8 Å². The molecular formula is C7H12N6O2. The number of carbonyl (C=O) groups excluding carboxylic acids is 1. The molecule has 0 radical (unpaired) electrons. The van der Waals surface area contributed by atoms with E-state index in [9.17, 15) is 4.79 Å². The first-order valence-electron chi connectivity index (χ1n) is 4.35. The lowest BCUT2D eigenvalue weighted by Gasteiger charge is -2.21. The summed E-state index contributed by atoms with van der Waals surface area (Å²) in [6.07, 6.45) is 0. The molecule has 1 aliphatic heterocycles. The van der Waals surface area contributed by atoms with Gasteiger partial charge in [-0.2, -0.15) is 4.99 Å². The Morgan fingerprint density at radius 3 is 3.13 bits per heavy atom. The van der Waals surface area contributed by atoms with Crippen LogP contribution in [0.25, 0.3) is 10.4 Å². The number of azide groups is 1. The minimum absolute atomic E-state index is 0.0985. The number of hydrogen-bond acceptors (Lipinski definition) is 4. The van der Waals surface area contributed by atoms with Gasteiger partial charge in [0.2, 0.25) is 0 Å². The van der Waals surface area contributed by atoms with E-state index >= 15 is 0 Å². The van der Waals surface area contributed by atoms with E-state index in [2.05, 4.69) is 15.0 Å². The van der Waals surface area contributed by atoms with Gasteiger partial charge in [-0.25, -0.2) is 4.79 Å². The van der Waals surface area contributed by atoms with Crippen LogP contribution in [0.4, 0.5) is 4.79 Å². The summed E-state index contributed by atoms with van der Waals surface area (Å²) in [5, 5.41) is 3.38. The summed E-state index contributed by atoms with van der Waals surface area (Å²) in [6.45, 7) is 0.869. The monoisotopic (exact) mass is 212 g/mol. The molecule has 1 rings (SSSR count). The number of methoxy groups -OCH3 is 1. The average Bonchev–Trinajstić information content (AvgIpc) is 2.47. The van der Waals surface area contributed by atoms with E-state index in [0.717, 1.165) is 0 Å². The number of amides is 2. The van der Waals surface area contributed by atoms with Crippen LogP contribution in [0.2, 0.25) is 0 Å². The number of nitrogens with two attached hydrogens (primary N) is 1. The third kappa shape index (κ3) is 2.58. The summed E-state index contributed by atoms with van der Waals surface area (Å²) < 4.78 is 4.85. The van der Waals surface area contributed by atoms with Gasteiger partial charge in [0.1, 0.15) is 5.84 Å². The molecule has 8 nitrogen and oxygen atoms in total. The maximum Gasteiger partial charge on any atom is 0.345 e. The van der Waals surface area contributed by atoms with E-state index in [1.54, 1.807) is 0 Å². The molecule has 82 valence electrons. The van der Waals surface area contributed by atoms with Crippen molar-refractivity contribution in [2.24, 2.45) is 15.8 Å². The lowest BCUT2D eigenvalue weighted by molar-refractivity contribution is 0.151. The Bertz CT molecular complexity index is 321. The van der Waals surface area contributed by atoms with Crippen molar-refractivity contribution in [1.82, 2.24) is 4.90 Å². The highest BCUT2D eigenvalue weighted by Gasteiger charge is 2.32. The van der Waals surface area contributed by atoms with Crippen LogP contribution in [-0.2, 0) is 4.74 Å². The Kier molecular flexibility index (Phi) is 3.90. The topological polar surface area (TPSA) is 117 Å². The van der Waals surface area contributed by atoms with Gasteiger partial charge in [-0.05, 0) is 5.53 Å². The lowest BCUT2D eigenvalue weighted by atomic mass is 10.2. The second kappa shape index (κ2) is 5.18. The van der Waals surface area contributed by atoms with Gasteiger partial charge in [-0.3, -0.25) is 0 Å². The summed E-state index contributed by atoms with van der Waals surface area (Å²) >= 11 is 0. The zero-order valence-corrected chi connectivity index (χ0v) is 8.33. The fourth-order valence-electron chi connectivity index (χ4n) is 1.29. The molecule has 1 atom stereocenters. The van der Waals surface area contributed by atoms with Crippen LogP contribution in [0.5, 0.6) is 0 Å². The van der Waals surface area contributed by atoms with Gasteiger partial charge in [0, 0.05) is 18.6 Å². The highest BCUT2D eigenvalue weighted by atomic mass is 16.5. The van der Waals surface area contributed by atoms with Crippen LogP contribution in [0.15, 0.2) is 10.1 Å². The Balaban J connectivity index is 2.66. The highest BCUT2D eigenvalue weighted by molar-refractivity contribution is 6.02. The summed E-state index contributed by atoms with van der Waals surface area (Å²) in [5.74, 6) is 0.184. The minimum Gasteiger partial charge on any atom is -0.385 e. The molecule has 0 spiro atoms. The molecule has 0 saturated heterocycles. The Morgan fingerprint density at radius 1 is 1.80 bits per heavy atom. The SMILES string of the molecule is COCCN1C(=O)N=C(N)C1CN=[N+]=[N-]. The number of amidine groups is 1. The molecule has 1 unspecified atom stereocenters. The number of urea groups is 1. The number of nitrogens with zero attached hydrogens (tertiary/aromatic N) is 5. The van der Waals surface area contributed by atoms with Crippen molar-refractivity contribution in [3.8, 4) is 0 Å². The predicted octanol–water partition coefficient (Wildman–Crippen LogP) is 0.105. The fraction of sp³-hybridized carbons (Fsp3) is 0.714. The predicted molar refractivity (Wildman–Crippen MR) is 53.4 cm³/mol. The van der Waals surface area contributed by atoms with Gasteiger partial charge < -0.3 is 15.4 Å². The summed E-state index contributed by atoms with van der Waals surface area (Å²) in [5.41, 5.74) is 13.7. The number of rotatable bonds is 5. The molecule has 0 aromatic rings. The second-order valence-corrected chi connectivity index (χ2v) is 2.93. The quantitative estimate of drug-likeness (QED) is 0.395. The first kappa shape index (κ1) is 11.3. The van der Waals surface area contributed by atoms with Gasteiger partial charge in [0.05, 0.1) is 19.2 Å². The molecule has 8 heteroatoms. The van der Waals surface area contributed by atoms with E-state index in [0.29, 0.717) is 13.2 Å². The maximum absolute atomic E-state index is 11.3. The molecule has 2 N–H and O–H groups in total. The minimum atomic E-state index is -0.441. The van der Waals surface area contributed by atoms with Crippen molar-refractivity contribution in [3.63, 3.8) is 0 Å². The molecule has 1 aliphatic rings. The lowest BCUT2D eigenvalue weighted by Crippen LogP contribution is -2.43. The van der Waals surface area contributed by atoms with E-state index in [-0.39, 0.29) is 12.4 Å². The molecule has 1 heterocycles. The Hall–Kier alpha value is -1.79. The number of carbonyl (C=O) groups is 1. The highest BCUT2D eigenvalue weighted by Crippen LogP contribution is 2.11. The molecular weight excluding hydrogens is 200 g/mol. The molecule has 2 amide bonds. The van der Waals surface area contributed by atoms with Gasteiger partial charge in [-0.15, -0.1) is 0 Å². The van der Waals surface area contributed by atoms with E-state index in [1.165, 1.54) is 12.0 Å². The Morgan fingerprint density at radius 2 is 2.53 bits per heavy atom. The number of hydrogen-bond donors (Lipinski definition) is 1. The average molecular weight is 212 g/mol. The fourth-order valence-corrected chi connectivity index (χ4v) is 1.29. The zero-order valence-electron chi connectivity index (χ0n) is 8.33. The normalized spacial score (nSPS) is 20.1. The maximum atomic E-state index is 11.3. The van der Waals surface area contributed by atoms with E-state index < -0.39 is 12.1 Å². The molecule has 0 aromatic carbocycles. The standard InChI is InChI=1S/C7H12N6O2/c1-15-3-2-13-5(4-10-12-9)6(8)11-7(13)14/h5H,2-4H2,1H3,(H2,8,11,14). The summed E-state index contributed by atoms with van der Waals surface area (Å²) in [7, 11) is 1.53. The third-order valence-electron chi connectivity index (χ3n) is 2.04. The van der Waals surface area contributed by atoms with Crippen LogP contribution in [-0.4, -0.2) is 49.6 Å². The van der Waals surface area contributed by atoms with Crippen molar-refractivity contribution < 1.29 is 9.53 Å². The van der Waals surface area contributed by atoms with Crippen LogP contribution in [0.3, 0.4) is 0 Å². The van der Waals surface area contributed by atoms with Crippen LogP contribution in [0.1, 0.15) is 0 Å². The van der Waals surface area contributed by atoms with Crippen molar-refractivity contribution >= 4 is 11.9 Å². The van der Waals surface area contributed by atoms with E-state index in [1.807, 2.05) is 0 Å². The number of aliphatic imine (C=N–C) groups is 1. The third-order valence-corrected chi connectivity index (χ3v) is 2.04. The largest absolute Gasteiger partial charge is 0.385 e. The van der Waals surface area contributed by atoms with Crippen molar-refractivity contribution in [3.05, 3.63) is 10.4 Å². The van der Waals surface area contributed by atoms with Gasteiger partial charge in [0.15, 0.2) is 0 Å². The molecule has 0 fully saturated rings. The smallest absolute Gasteiger partial charge is 0.345 e. The number of ether oxygens (including phenoxy) is 1. The molecule has 15 heavy (non-hydrogen) atoms. The molecule has 0 saturated carbocycles. The molecule has 0 bridgehead atoms. The first-order valence-corrected chi connectivity index (χ1v) is 4.35. The molecule has 0 aromatic heterocycles. The van der Waals surface area contributed by atoms with Crippen molar-refractivity contribution in [2.45, 2.75) is 6.04 Å². The van der Waals surface area contributed by atoms with Gasteiger partial charge >= 0.3 is 6.03 Å². The summed E-state index contributed by atoms with van der Waals surface area (Å²) in [4.78, 5) is 19.0. The first-order chi connectivity index (χ1) is 7.20. The van der Waals surface area contributed by atoms with Gasteiger partial charge in [-0.1, -0.05) is 5.11 Å². The van der Waals surface area contributed by atoms with Crippen LogP contribution >= 0.6 is 0 Å². The van der Waals surface area contributed by atoms with Gasteiger partial charge in [0.25, 0.3) is 0 Å². The van der Waals surface area contributed by atoms with Crippen molar-refractivity contribution in [1.29, 1.82) is 0 Å².